The molecule has 0 bridgehead atoms. The molecule has 1 heterocycles. The van der Waals surface area contributed by atoms with Crippen molar-refractivity contribution < 1.29 is 13.2 Å². The van der Waals surface area contributed by atoms with Gasteiger partial charge in [0, 0.05) is 26.7 Å². The van der Waals surface area contributed by atoms with Crippen LogP contribution in [0.15, 0.2) is 0 Å². The number of hydrogen-bond acceptors (Lipinski definition) is 4. The van der Waals surface area contributed by atoms with E-state index in [-0.39, 0.29) is 17.7 Å². The van der Waals surface area contributed by atoms with Gasteiger partial charge in [0.05, 0.1) is 12.4 Å². The molecule has 6 heteroatoms. The number of rotatable bonds is 4. The molecule has 1 rings (SSSR count). The van der Waals surface area contributed by atoms with E-state index in [1.807, 2.05) is 0 Å². The average molecular weight is 236 g/mol. The van der Waals surface area contributed by atoms with Crippen molar-refractivity contribution in [3.05, 3.63) is 0 Å². The van der Waals surface area contributed by atoms with E-state index in [1.54, 1.807) is 0 Å². The summed E-state index contributed by atoms with van der Waals surface area (Å²) >= 11 is 0. The molecular weight excluding hydrogens is 216 g/mol. The highest BCUT2D eigenvalue weighted by molar-refractivity contribution is 7.89. The van der Waals surface area contributed by atoms with Gasteiger partial charge in [-0.3, -0.25) is 0 Å². The zero-order valence-corrected chi connectivity index (χ0v) is 10.2. The van der Waals surface area contributed by atoms with Gasteiger partial charge in [0.2, 0.25) is 10.0 Å². The Hall–Kier alpha value is -0.170. The van der Waals surface area contributed by atoms with Gasteiger partial charge in [-0.25, -0.2) is 12.7 Å². The predicted octanol–water partition coefficient (Wildman–Crippen LogP) is -0.368. The predicted molar refractivity (Wildman–Crippen MR) is 59.0 cm³/mol. The lowest BCUT2D eigenvalue weighted by molar-refractivity contribution is 0.0475. The smallest absolute Gasteiger partial charge is 0.215 e. The van der Waals surface area contributed by atoms with Crippen molar-refractivity contribution >= 4 is 10.0 Å². The van der Waals surface area contributed by atoms with Crippen molar-refractivity contribution in [2.24, 2.45) is 11.7 Å². The maximum Gasteiger partial charge on any atom is 0.215 e. The topological polar surface area (TPSA) is 72.6 Å². The van der Waals surface area contributed by atoms with E-state index >= 15 is 0 Å². The minimum Gasteiger partial charge on any atom is -0.381 e. The number of nitrogens with two attached hydrogens (primary N) is 1. The zero-order valence-electron chi connectivity index (χ0n) is 9.35. The summed E-state index contributed by atoms with van der Waals surface area (Å²) in [5, 5.41) is 0. The fourth-order valence-corrected chi connectivity index (χ4v) is 2.69. The second-order valence-electron chi connectivity index (χ2n) is 4.20. The Kier molecular flexibility index (Phi) is 4.51. The van der Waals surface area contributed by atoms with Crippen LogP contribution in [0.2, 0.25) is 0 Å². The second-order valence-corrected chi connectivity index (χ2v) is 6.43. The Morgan fingerprint density at radius 1 is 1.53 bits per heavy atom. The molecular formula is C9H20N2O3S. The summed E-state index contributed by atoms with van der Waals surface area (Å²) in [6.45, 7) is 1.35. The molecule has 15 heavy (non-hydrogen) atoms. The lowest BCUT2D eigenvalue weighted by atomic mass is 9.96. The normalized spacial score (nSPS) is 25.5. The third-order valence-corrected chi connectivity index (χ3v) is 4.68. The van der Waals surface area contributed by atoms with Crippen LogP contribution in [0.1, 0.15) is 12.8 Å². The van der Waals surface area contributed by atoms with E-state index < -0.39 is 10.0 Å². The van der Waals surface area contributed by atoms with Gasteiger partial charge in [-0.2, -0.15) is 0 Å². The molecule has 0 amide bonds. The fraction of sp³-hybridized carbons (Fsp3) is 1.00. The number of ether oxygens (including phenoxy) is 1. The summed E-state index contributed by atoms with van der Waals surface area (Å²) in [7, 11) is -0.140. The molecule has 0 spiro atoms. The van der Waals surface area contributed by atoms with Crippen LogP contribution in [0.3, 0.4) is 0 Å². The van der Waals surface area contributed by atoms with Gasteiger partial charge in [0.25, 0.3) is 0 Å². The third-order valence-electron chi connectivity index (χ3n) is 2.76. The maximum absolute atomic E-state index is 11.6. The lowest BCUT2D eigenvalue weighted by Gasteiger charge is -2.28. The monoisotopic (exact) mass is 236 g/mol. The highest BCUT2D eigenvalue weighted by Gasteiger charge is 2.26. The van der Waals surface area contributed by atoms with Crippen LogP contribution in [-0.2, 0) is 14.8 Å². The van der Waals surface area contributed by atoms with Gasteiger partial charge in [0.15, 0.2) is 0 Å². The average Bonchev–Trinajstić information content (AvgIpc) is 2.18. The Labute approximate surface area is 91.6 Å². The van der Waals surface area contributed by atoms with E-state index in [4.69, 9.17) is 10.5 Å². The van der Waals surface area contributed by atoms with Crippen LogP contribution >= 0.6 is 0 Å². The van der Waals surface area contributed by atoms with E-state index in [0.717, 1.165) is 19.4 Å². The minimum absolute atomic E-state index is 0.00796. The molecule has 5 nitrogen and oxygen atoms in total. The highest BCUT2D eigenvalue weighted by atomic mass is 32.2. The van der Waals surface area contributed by atoms with Crippen LogP contribution < -0.4 is 5.73 Å². The van der Waals surface area contributed by atoms with Gasteiger partial charge in [-0.15, -0.1) is 0 Å². The van der Waals surface area contributed by atoms with E-state index in [0.29, 0.717) is 6.61 Å². The van der Waals surface area contributed by atoms with Gasteiger partial charge < -0.3 is 10.5 Å². The summed E-state index contributed by atoms with van der Waals surface area (Å²) in [5.74, 6) is 0.182. The number of sulfonamides is 1. The van der Waals surface area contributed by atoms with Crippen molar-refractivity contribution in [3.63, 3.8) is 0 Å². The molecule has 2 atom stereocenters. The Morgan fingerprint density at radius 2 is 2.20 bits per heavy atom. The number of hydrogen-bond donors (Lipinski definition) is 1. The Morgan fingerprint density at radius 3 is 2.67 bits per heavy atom. The molecule has 0 aliphatic carbocycles. The second kappa shape index (κ2) is 5.25. The molecule has 0 aromatic rings. The first kappa shape index (κ1) is 12.9. The molecule has 0 aromatic carbocycles. The fourth-order valence-electron chi connectivity index (χ4n) is 1.63. The standard InChI is InChI=1S/C9H20N2O3S/c1-11(2)15(12,13)7-9(10)8-4-3-5-14-6-8/h8-9H,3-7,10H2,1-2H3. The summed E-state index contributed by atoms with van der Waals surface area (Å²) in [5.41, 5.74) is 5.89. The minimum atomic E-state index is -3.19. The SMILES string of the molecule is CN(C)S(=O)(=O)CC(N)C1CCCOC1. The van der Waals surface area contributed by atoms with Crippen LogP contribution in [0, 0.1) is 5.92 Å². The van der Waals surface area contributed by atoms with Crippen molar-refractivity contribution in [2.45, 2.75) is 18.9 Å². The molecule has 1 saturated heterocycles. The van der Waals surface area contributed by atoms with Gasteiger partial charge in [-0.1, -0.05) is 0 Å². The molecule has 1 aliphatic heterocycles. The first-order valence-corrected chi connectivity index (χ1v) is 6.78. The van der Waals surface area contributed by atoms with Crippen LogP contribution in [0.4, 0.5) is 0 Å². The molecule has 2 unspecified atom stereocenters. The molecule has 0 aromatic heterocycles. The number of nitrogens with zero attached hydrogens (tertiary/aromatic N) is 1. The van der Waals surface area contributed by atoms with Crippen molar-refractivity contribution in [1.29, 1.82) is 0 Å². The van der Waals surface area contributed by atoms with Crippen LogP contribution in [-0.4, -0.2) is 51.8 Å². The maximum atomic E-state index is 11.6. The van der Waals surface area contributed by atoms with E-state index in [2.05, 4.69) is 0 Å². The largest absolute Gasteiger partial charge is 0.381 e. The molecule has 0 radical (unpaired) electrons. The summed E-state index contributed by atoms with van der Waals surface area (Å²) in [4.78, 5) is 0. The third kappa shape index (κ3) is 3.71. The molecule has 2 N–H and O–H groups in total. The highest BCUT2D eigenvalue weighted by Crippen LogP contribution is 2.17. The Balaban J connectivity index is 2.50. The van der Waals surface area contributed by atoms with E-state index in [9.17, 15) is 8.42 Å². The Bertz CT molecular complexity index is 284. The van der Waals surface area contributed by atoms with Crippen LogP contribution in [0.5, 0.6) is 0 Å². The molecule has 1 aliphatic rings. The molecule has 0 saturated carbocycles. The summed E-state index contributed by atoms with van der Waals surface area (Å²) in [6.07, 6.45) is 1.94. The molecule has 1 fully saturated rings. The summed E-state index contributed by atoms with van der Waals surface area (Å²) < 4.78 is 29.7. The van der Waals surface area contributed by atoms with Crippen LogP contribution in [0.25, 0.3) is 0 Å². The van der Waals surface area contributed by atoms with Crippen molar-refractivity contribution in [3.8, 4) is 0 Å². The quantitative estimate of drug-likeness (QED) is 0.723. The molecule has 90 valence electrons. The van der Waals surface area contributed by atoms with Gasteiger partial charge >= 0.3 is 0 Å². The van der Waals surface area contributed by atoms with Crippen molar-refractivity contribution in [2.75, 3.05) is 33.1 Å². The van der Waals surface area contributed by atoms with Gasteiger partial charge in [0.1, 0.15) is 0 Å². The zero-order chi connectivity index (χ0) is 11.5. The first-order chi connectivity index (χ1) is 6.93. The lowest BCUT2D eigenvalue weighted by Crippen LogP contribution is -2.43. The first-order valence-electron chi connectivity index (χ1n) is 5.17. The van der Waals surface area contributed by atoms with E-state index in [1.165, 1.54) is 18.4 Å². The summed E-state index contributed by atoms with van der Waals surface area (Å²) in [6, 6.07) is -0.322. The van der Waals surface area contributed by atoms with Gasteiger partial charge in [-0.05, 0) is 18.8 Å². The van der Waals surface area contributed by atoms with Crippen molar-refractivity contribution in [1.82, 2.24) is 4.31 Å².